The van der Waals surface area contributed by atoms with Gasteiger partial charge in [-0.2, -0.15) is 0 Å². The zero-order valence-corrected chi connectivity index (χ0v) is 11.5. The number of hydrogen-bond donors (Lipinski definition) is 0. The van der Waals surface area contributed by atoms with E-state index in [4.69, 9.17) is 16.0 Å². The van der Waals surface area contributed by atoms with Gasteiger partial charge in [0.2, 0.25) is 0 Å². The standard InChI is InChI=1S/C12H9BrClNO3/c13-9(11-5-6-12(14)18-11)7-8-3-1-2-4-10(8)15(16)17/h1-6,9H,7H2. The fourth-order valence-corrected chi connectivity index (χ4v) is 2.40. The predicted octanol–water partition coefficient (Wildman–Crippen LogP) is 4.52. The Kier molecular flexibility index (Phi) is 4.04. The zero-order valence-electron chi connectivity index (χ0n) is 9.18. The molecular formula is C12H9BrClNO3. The molecule has 1 atom stereocenters. The molecule has 6 heteroatoms. The van der Waals surface area contributed by atoms with Crippen LogP contribution in [0.15, 0.2) is 40.8 Å². The average molecular weight is 331 g/mol. The number of rotatable bonds is 4. The van der Waals surface area contributed by atoms with Gasteiger partial charge < -0.3 is 4.42 Å². The molecule has 1 aromatic heterocycles. The summed E-state index contributed by atoms with van der Waals surface area (Å²) >= 11 is 9.14. The van der Waals surface area contributed by atoms with E-state index in [-0.39, 0.29) is 15.4 Å². The number of nitro benzene ring substituents is 1. The molecule has 1 aromatic carbocycles. The van der Waals surface area contributed by atoms with Gasteiger partial charge >= 0.3 is 0 Å². The molecule has 2 rings (SSSR count). The second kappa shape index (κ2) is 5.54. The Morgan fingerprint density at radius 2 is 2.06 bits per heavy atom. The Bertz CT molecular complexity index is 570. The first kappa shape index (κ1) is 13.1. The van der Waals surface area contributed by atoms with Crippen LogP contribution in [0.3, 0.4) is 0 Å². The molecule has 0 saturated carbocycles. The Balaban J connectivity index is 2.21. The van der Waals surface area contributed by atoms with Crippen molar-refractivity contribution in [1.82, 2.24) is 0 Å². The minimum atomic E-state index is -0.385. The van der Waals surface area contributed by atoms with E-state index in [9.17, 15) is 10.1 Å². The number of para-hydroxylation sites is 1. The van der Waals surface area contributed by atoms with Crippen LogP contribution >= 0.6 is 27.5 Å². The molecule has 0 radical (unpaired) electrons. The molecular weight excluding hydrogens is 321 g/mol. The van der Waals surface area contributed by atoms with Crippen molar-refractivity contribution in [3.63, 3.8) is 0 Å². The highest BCUT2D eigenvalue weighted by atomic mass is 79.9. The fraction of sp³-hybridized carbons (Fsp3) is 0.167. The lowest BCUT2D eigenvalue weighted by Crippen LogP contribution is -1.99. The van der Waals surface area contributed by atoms with Gasteiger partial charge in [-0.15, -0.1) is 0 Å². The van der Waals surface area contributed by atoms with Crippen molar-refractivity contribution in [2.75, 3.05) is 0 Å². The van der Waals surface area contributed by atoms with Crippen LogP contribution < -0.4 is 0 Å². The van der Waals surface area contributed by atoms with Crippen molar-refractivity contribution < 1.29 is 9.34 Å². The monoisotopic (exact) mass is 329 g/mol. The quantitative estimate of drug-likeness (QED) is 0.470. The molecule has 18 heavy (non-hydrogen) atoms. The number of hydrogen-bond acceptors (Lipinski definition) is 3. The van der Waals surface area contributed by atoms with Gasteiger partial charge in [0.15, 0.2) is 5.22 Å². The van der Waals surface area contributed by atoms with Gasteiger partial charge in [-0.1, -0.05) is 34.1 Å². The van der Waals surface area contributed by atoms with Gasteiger partial charge in [-0.25, -0.2) is 0 Å². The maximum absolute atomic E-state index is 10.9. The van der Waals surface area contributed by atoms with Crippen molar-refractivity contribution >= 4 is 33.2 Å². The maximum Gasteiger partial charge on any atom is 0.272 e. The lowest BCUT2D eigenvalue weighted by molar-refractivity contribution is -0.385. The van der Waals surface area contributed by atoms with Crippen LogP contribution in [0, 0.1) is 10.1 Å². The molecule has 1 unspecified atom stereocenters. The van der Waals surface area contributed by atoms with E-state index in [1.165, 1.54) is 6.07 Å². The lowest BCUT2D eigenvalue weighted by atomic mass is 10.1. The van der Waals surface area contributed by atoms with E-state index in [0.717, 1.165) is 0 Å². The zero-order chi connectivity index (χ0) is 13.1. The van der Waals surface area contributed by atoms with Gasteiger partial charge in [0.05, 0.1) is 9.75 Å². The number of furan rings is 1. The van der Waals surface area contributed by atoms with Crippen LogP contribution in [0.2, 0.25) is 5.22 Å². The van der Waals surface area contributed by atoms with E-state index in [2.05, 4.69) is 15.9 Å². The molecule has 0 fully saturated rings. The van der Waals surface area contributed by atoms with Crippen molar-refractivity contribution in [3.05, 3.63) is 63.1 Å². The Morgan fingerprint density at radius 3 is 2.67 bits per heavy atom. The SMILES string of the molecule is O=[N+]([O-])c1ccccc1CC(Br)c1ccc(Cl)o1. The second-order valence-electron chi connectivity index (χ2n) is 3.70. The number of nitro groups is 1. The predicted molar refractivity (Wildman–Crippen MR) is 72.2 cm³/mol. The van der Waals surface area contributed by atoms with Crippen LogP contribution in [0.1, 0.15) is 16.2 Å². The van der Waals surface area contributed by atoms with Crippen molar-refractivity contribution in [2.45, 2.75) is 11.2 Å². The van der Waals surface area contributed by atoms with Gasteiger partial charge in [0, 0.05) is 11.6 Å². The molecule has 2 aromatic rings. The highest BCUT2D eigenvalue weighted by Gasteiger charge is 2.18. The van der Waals surface area contributed by atoms with Crippen LogP contribution in [-0.4, -0.2) is 4.92 Å². The highest BCUT2D eigenvalue weighted by molar-refractivity contribution is 9.09. The number of halogens is 2. The van der Waals surface area contributed by atoms with E-state index in [1.54, 1.807) is 30.3 Å². The molecule has 0 spiro atoms. The number of nitrogens with zero attached hydrogens (tertiary/aromatic N) is 1. The summed E-state index contributed by atoms with van der Waals surface area (Å²) in [6, 6.07) is 10.0. The Hall–Kier alpha value is -1.33. The smallest absolute Gasteiger partial charge is 0.272 e. The third kappa shape index (κ3) is 2.91. The number of alkyl halides is 1. The van der Waals surface area contributed by atoms with Crippen LogP contribution in [0.4, 0.5) is 5.69 Å². The van der Waals surface area contributed by atoms with Gasteiger partial charge in [0.25, 0.3) is 5.69 Å². The average Bonchev–Trinajstić information content (AvgIpc) is 2.76. The van der Waals surface area contributed by atoms with Crippen LogP contribution in [0.5, 0.6) is 0 Å². The summed E-state index contributed by atoms with van der Waals surface area (Å²) in [6.45, 7) is 0. The van der Waals surface area contributed by atoms with Crippen molar-refractivity contribution in [1.29, 1.82) is 0 Å². The molecule has 0 saturated heterocycles. The number of benzene rings is 1. The molecule has 0 amide bonds. The molecule has 0 aliphatic carbocycles. The molecule has 0 bridgehead atoms. The van der Waals surface area contributed by atoms with Gasteiger partial charge in [0.1, 0.15) is 5.76 Å². The molecule has 94 valence electrons. The summed E-state index contributed by atoms with van der Waals surface area (Å²) in [6.07, 6.45) is 0.459. The minimum absolute atomic E-state index is 0.111. The molecule has 0 aliphatic rings. The maximum atomic E-state index is 10.9. The van der Waals surface area contributed by atoms with Gasteiger partial charge in [-0.3, -0.25) is 10.1 Å². The lowest BCUT2D eigenvalue weighted by Gasteiger charge is -2.07. The fourth-order valence-electron chi connectivity index (χ4n) is 1.65. The first-order chi connectivity index (χ1) is 8.58. The molecule has 4 nitrogen and oxygen atoms in total. The van der Waals surface area contributed by atoms with Crippen molar-refractivity contribution in [3.8, 4) is 0 Å². The van der Waals surface area contributed by atoms with Crippen LogP contribution in [-0.2, 0) is 6.42 Å². The molecule has 1 heterocycles. The van der Waals surface area contributed by atoms with Crippen molar-refractivity contribution in [2.24, 2.45) is 0 Å². The van der Waals surface area contributed by atoms with Gasteiger partial charge in [-0.05, 0) is 30.2 Å². The minimum Gasteiger partial charge on any atom is -0.449 e. The highest BCUT2D eigenvalue weighted by Crippen LogP contribution is 2.32. The molecule has 0 N–H and O–H groups in total. The Morgan fingerprint density at radius 1 is 1.33 bits per heavy atom. The third-order valence-corrected chi connectivity index (χ3v) is 3.47. The summed E-state index contributed by atoms with van der Waals surface area (Å²) in [5.41, 5.74) is 0.761. The van der Waals surface area contributed by atoms with E-state index < -0.39 is 0 Å². The first-order valence-electron chi connectivity index (χ1n) is 5.19. The summed E-state index contributed by atoms with van der Waals surface area (Å²) < 4.78 is 5.27. The summed E-state index contributed by atoms with van der Waals surface area (Å²) in [7, 11) is 0. The van der Waals surface area contributed by atoms with E-state index >= 15 is 0 Å². The Labute approximate surface area is 117 Å². The van der Waals surface area contributed by atoms with E-state index in [1.807, 2.05) is 0 Å². The molecule has 0 aliphatic heterocycles. The van der Waals surface area contributed by atoms with E-state index in [0.29, 0.717) is 23.0 Å². The second-order valence-corrected chi connectivity index (χ2v) is 5.18. The summed E-state index contributed by atoms with van der Waals surface area (Å²) in [5.74, 6) is 0.651. The topological polar surface area (TPSA) is 56.3 Å². The normalized spacial score (nSPS) is 12.3. The summed E-state index contributed by atoms with van der Waals surface area (Å²) in [4.78, 5) is 10.4. The third-order valence-electron chi connectivity index (χ3n) is 2.49. The summed E-state index contributed by atoms with van der Waals surface area (Å²) in [5, 5.41) is 11.2. The first-order valence-corrected chi connectivity index (χ1v) is 6.49. The van der Waals surface area contributed by atoms with Crippen LogP contribution in [0.25, 0.3) is 0 Å². The largest absolute Gasteiger partial charge is 0.449 e.